The summed E-state index contributed by atoms with van der Waals surface area (Å²) in [7, 11) is 0. The summed E-state index contributed by atoms with van der Waals surface area (Å²) >= 11 is 7.96. The number of aromatic nitrogens is 1. The molecule has 0 bridgehead atoms. The first-order valence-corrected chi connectivity index (χ1v) is 9.81. The minimum absolute atomic E-state index is 0.123. The van der Waals surface area contributed by atoms with Crippen molar-refractivity contribution in [2.24, 2.45) is 0 Å². The zero-order valence-corrected chi connectivity index (χ0v) is 16.0. The minimum atomic E-state index is -0.804. The molecule has 0 spiro atoms. The van der Waals surface area contributed by atoms with E-state index in [1.54, 1.807) is 11.8 Å². The third kappa shape index (κ3) is 3.09. The van der Waals surface area contributed by atoms with Crippen LogP contribution in [0, 0.1) is 0 Å². The maximum absolute atomic E-state index is 12.7. The minimum Gasteiger partial charge on any atom is -0.323 e. The number of hydrogen-bond acceptors (Lipinski definition) is 4. The van der Waals surface area contributed by atoms with Gasteiger partial charge >= 0.3 is 6.03 Å². The molecule has 1 fully saturated rings. The van der Waals surface area contributed by atoms with Gasteiger partial charge in [0.05, 0.1) is 12.1 Å². The van der Waals surface area contributed by atoms with Crippen LogP contribution >= 0.6 is 23.4 Å². The molecule has 0 aliphatic carbocycles. The van der Waals surface area contributed by atoms with Crippen molar-refractivity contribution >= 4 is 46.2 Å². The van der Waals surface area contributed by atoms with Crippen molar-refractivity contribution in [2.75, 3.05) is 6.26 Å². The van der Waals surface area contributed by atoms with E-state index in [0.717, 1.165) is 15.8 Å². The van der Waals surface area contributed by atoms with E-state index in [0.29, 0.717) is 23.6 Å². The zero-order chi connectivity index (χ0) is 18.2. The molecule has 0 saturated carbocycles. The Bertz CT molecular complexity index is 852. The Morgan fingerprint density at radius 2 is 1.96 bits per heavy atom. The van der Waals surface area contributed by atoms with Crippen LogP contribution in [0.3, 0.4) is 0 Å². The van der Waals surface area contributed by atoms with Crippen LogP contribution in [0.5, 0.6) is 0 Å². The normalized spacial score (nSPS) is 16.6. The molecule has 1 aliphatic heterocycles. The number of urea groups is 1. The monoisotopic (exact) mass is 377 g/mol. The van der Waals surface area contributed by atoms with Gasteiger partial charge in [0.15, 0.2) is 0 Å². The molecular weight excluding hydrogens is 358 g/mol. The number of carbonyl (C=O) groups is 2. The van der Waals surface area contributed by atoms with Gasteiger partial charge in [-0.05, 0) is 37.3 Å². The number of benzene rings is 1. The van der Waals surface area contributed by atoms with Gasteiger partial charge in [-0.25, -0.2) is 9.78 Å². The van der Waals surface area contributed by atoms with Gasteiger partial charge in [0, 0.05) is 15.8 Å². The molecule has 1 N–H and O–H groups in total. The summed E-state index contributed by atoms with van der Waals surface area (Å²) in [4.78, 5) is 31.8. The lowest BCUT2D eigenvalue weighted by atomic mass is 9.93. The lowest BCUT2D eigenvalue weighted by Gasteiger charge is -2.23. The van der Waals surface area contributed by atoms with Gasteiger partial charge in [0.1, 0.15) is 10.7 Å². The molecule has 2 aromatic rings. The van der Waals surface area contributed by atoms with E-state index in [4.69, 9.17) is 11.6 Å². The highest BCUT2D eigenvalue weighted by molar-refractivity contribution is 7.98. The summed E-state index contributed by atoms with van der Waals surface area (Å²) in [6, 6.07) is 7.49. The Balaban J connectivity index is 1.94. The Morgan fingerprint density at radius 3 is 2.56 bits per heavy atom. The summed E-state index contributed by atoms with van der Waals surface area (Å²) in [5, 5.41) is 4.08. The Morgan fingerprint density at radius 1 is 1.24 bits per heavy atom. The van der Waals surface area contributed by atoms with E-state index < -0.39 is 5.54 Å². The number of amides is 3. The van der Waals surface area contributed by atoms with Crippen molar-refractivity contribution in [2.45, 2.75) is 43.7 Å². The lowest BCUT2D eigenvalue weighted by Crippen LogP contribution is -2.45. The molecule has 132 valence electrons. The van der Waals surface area contributed by atoms with Gasteiger partial charge in [-0.2, -0.15) is 0 Å². The zero-order valence-electron chi connectivity index (χ0n) is 14.4. The third-order valence-corrected chi connectivity index (χ3v) is 5.88. The molecule has 2 heterocycles. The number of nitrogens with one attached hydrogen (secondary N) is 1. The number of hydrogen-bond donors (Lipinski definition) is 1. The van der Waals surface area contributed by atoms with E-state index in [1.807, 2.05) is 44.4 Å². The third-order valence-electron chi connectivity index (χ3n) is 4.83. The number of rotatable bonds is 5. The fraction of sp³-hybridized carbons (Fsp3) is 0.389. The first-order valence-electron chi connectivity index (χ1n) is 8.21. The summed E-state index contributed by atoms with van der Waals surface area (Å²) in [5.41, 5.74) is 0.660. The summed E-state index contributed by atoms with van der Waals surface area (Å²) < 4.78 is 0. The molecule has 25 heavy (non-hydrogen) atoms. The first-order chi connectivity index (χ1) is 11.9. The largest absolute Gasteiger partial charge is 0.325 e. The summed E-state index contributed by atoms with van der Waals surface area (Å²) in [6.07, 6.45) is 3.12. The Hall–Kier alpha value is -1.79. The first kappa shape index (κ1) is 18.0. The molecule has 0 atom stereocenters. The predicted molar refractivity (Wildman–Crippen MR) is 101 cm³/mol. The number of nitrogens with zero attached hydrogens (tertiary/aromatic N) is 2. The smallest absolute Gasteiger partial charge is 0.323 e. The second-order valence-corrected chi connectivity index (χ2v) is 7.35. The molecule has 0 unspecified atom stereocenters. The Kier molecular flexibility index (Phi) is 4.93. The molecule has 3 amide bonds. The molecule has 1 aliphatic rings. The van der Waals surface area contributed by atoms with Gasteiger partial charge in [-0.3, -0.25) is 9.69 Å². The van der Waals surface area contributed by atoms with Crippen LogP contribution in [0.25, 0.3) is 10.9 Å². The number of fused-ring (bicyclic) bond motifs is 1. The molecule has 1 aromatic heterocycles. The number of pyridine rings is 1. The van der Waals surface area contributed by atoms with Gasteiger partial charge < -0.3 is 5.32 Å². The van der Waals surface area contributed by atoms with Crippen molar-refractivity contribution < 1.29 is 9.59 Å². The highest BCUT2D eigenvalue weighted by atomic mass is 35.5. The van der Waals surface area contributed by atoms with Gasteiger partial charge in [-0.15, -0.1) is 11.8 Å². The van der Waals surface area contributed by atoms with E-state index in [1.165, 1.54) is 4.90 Å². The summed E-state index contributed by atoms with van der Waals surface area (Å²) in [6.45, 7) is 3.93. The molecule has 7 heteroatoms. The van der Waals surface area contributed by atoms with Crippen molar-refractivity contribution in [1.29, 1.82) is 0 Å². The van der Waals surface area contributed by atoms with Crippen LogP contribution in [0.15, 0.2) is 29.2 Å². The maximum Gasteiger partial charge on any atom is 0.325 e. The number of imide groups is 1. The van der Waals surface area contributed by atoms with Crippen molar-refractivity contribution in [3.8, 4) is 0 Å². The number of halogens is 1. The van der Waals surface area contributed by atoms with Gasteiger partial charge in [0.2, 0.25) is 0 Å². The van der Waals surface area contributed by atoms with E-state index in [2.05, 4.69) is 10.3 Å². The number of carbonyl (C=O) groups excluding carboxylic acids is 2. The Labute approximate surface area is 156 Å². The highest BCUT2D eigenvalue weighted by Crippen LogP contribution is 2.29. The molecular formula is C18H20ClN3O2S. The molecule has 5 nitrogen and oxygen atoms in total. The standard InChI is InChI=1S/C18H20ClN3O2S/c1-4-18(5-2)16(23)22(17(24)21-18)10-12-8-11-6-7-13(25-3)9-14(11)20-15(12)19/h6-9H,4-5,10H2,1-3H3,(H,21,24). The van der Waals surface area contributed by atoms with E-state index in [-0.39, 0.29) is 18.5 Å². The molecule has 1 saturated heterocycles. The SMILES string of the molecule is CCC1(CC)NC(=O)N(Cc2cc3ccc(SC)cc3nc2Cl)C1=O. The van der Waals surface area contributed by atoms with E-state index in [9.17, 15) is 9.59 Å². The predicted octanol–water partition coefficient (Wildman–Crippen LogP) is 4.22. The lowest BCUT2D eigenvalue weighted by molar-refractivity contribution is -0.132. The second-order valence-electron chi connectivity index (χ2n) is 6.11. The van der Waals surface area contributed by atoms with Crippen LogP contribution in [0.1, 0.15) is 32.3 Å². The van der Waals surface area contributed by atoms with Crippen LogP contribution in [0.4, 0.5) is 4.79 Å². The quantitative estimate of drug-likeness (QED) is 0.481. The van der Waals surface area contributed by atoms with Crippen molar-refractivity contribution in [3.63, 3.8) is 0 Å². The van der Waals surface area contributed by atoms with Gasteiger partial charge in [-0.1, -0.05) is 31.5 Å². The molecule has 3 rings (SSSR count). The van der Waals surface area contributed by atoms with Crippen molar-refractivity contribution in [3.05, 3.63) is 35.0 Å². The summed E-state index contributed by atoms with van der Waals surface area (Å²) in [5.74, 6) is -0.198. The fourth-order valence-electron chi connectivity index (χ4n) is 3.12. The topological polar surface area (TPSA) is 62.3 Å². The molecule has 1 aromatic carbocycles. The average Bonchev–Trinajstić information content (AvgIpc) is 2.86. The van der Waals surface area contributed by atoms with Crippen LogP contribution in [-0.2, 0) is 11.3 Å². The average molecular weight is 378 g/mol. The van der Waals surface area contributed by atoms with Gasteiger partial charge in [0.25, 0.3) is 5.91 Å². The fourth-order valence-corrected chi connectivity index (χ4v) is 3.76. The van der Waals surface area contributed by atoms with Crippen molar-refractivity contribution in [1.82, 2.24) is 15.2 Å². The van der Waals surface area contributed by atoms with Crippen LogP contribution < -0.4 is 5.32 Å². The highest BCUT2D eigenvalue weighted by Gasteiger charge is 2.48. The van der Waals surface area contributed by atoms with Crippen LogP contribution in [0.2, 0.25) is 5.15 Å². The maximum atomic E-state index is 12.7. The van der Waals surface area contributed by atoms with Crippen LogP contribution in [-0.4, -0.2) is 33.6 Å². The van der Waals surface area contributed by atoms with E-state index >= 15 is 0 Å². The number of thioether (sulfide) groups is 1. The molecule has 0 radical (unpaired) electrons. The second kappa shape index (κ2) is 6.84.